The summed E-state index contributed by atoms with van der Waals surface area (Å²) in [5, 5.41) is 31.0. The number of fused-ring (bicyclic) bond motifs is 2. The van der Waals surface area contributed by atoms with Gasteiger partial charge in [-0.25, -0.2) is 0 Å². The number of hydrogen-bond donors (Lipinski definition) is 3. The molecule has 9 nitrogen and oxygen atoms in total. The van der Waals surface area contributed by atoms with Gasteiger partial charge in [0.15, 0.2) is 23.0 Å². The number of phenols is 2. The topological polar surface area (TPSA) is 132 Å². The SMILES string of the molecule is COc1cc(C2CC(OC(=O)Cc3cccc(CO)c3)CC(OC(C)=O)C3Cc4cc(OC)c(O)cc4CC3(C=Cc3ccccc3)C2)ccc1O. The number of carbonyl (C=O) groups is 2. The van der Waals surface area contributed by atoms with E-state index in [0.717, 1.165) is 27.8 Å². The lowest BCUT2D eigenvalue weighted by molar-refractivity contribution is -0.161. The van der Waals surface area contributed by atoms with Crippen molar-refractivity contribution in [1.29, 1.82) is 0 Å². The minimum absolute atomic E-state index is 0.0180. The van der Waals surface area contributed by atoms with Crippen molar-refractivity contribution in [1.82, 2.24) is 0 Å². The Kier molecular flexibility index (Phi) is 11.2. The molecule has 0 aromatic heterocycles. The van der Waals surface area contributed by atoms with Crippen LogP contribution in [0.15, 0.2) is 91.0 Å². The van der Waals surface area contributed by atoms with Crippen LogP contribution in [0.5, 0.6) is 23.0 Å². The van der Waals surface area contributed by atoms with Crippen LogP contribution < -0.4 is 9.47 Å². The van der Waals surface area contributed by atoms with Crippen LogP contribution in [0, 0.1) is 11.3 Å². The van der Waals surface area contributed by atoms with Gasteiger partial charge in [-0.2, -0.15) is 0 Å². The van der Waals surface area contributed by atoms with Crippen LogP contribution in [0.4, 0.5) is 0 Å². The molecule has 6 rings (SSSR count). The molecule has 0 radical (unpaired) electrons. The summed E-state index contributed by atoms with van der Waals surface area (Å²) < 4.78 is 23.5. The first-order valence-corrected chi connectivity index (χ1v) is 17.6. The second kappa shape index (κ2) is 15.9. The van der Waals surface area contributed by atoms with Crippen molar-refractivity contribution >= 4 is 18.0 Å². The number of methoxy groups -OCH3 is 2. The number of esters is 2. The fourth-order valence-corrected chi connectivity index (χ4v) is 8.15. The van der Waals surface area contributed by atoms with Crippen LogP contribution in [-0.4, -0.2) is 53.7 Å². The highest BCUT2D eigenvalue weighted by molar-refractivity contribution is 5.73. The molecule has 2 aliphatic rings. The quantitative estimate of drug-likeness (QED) is 0.148. The highest BCUT2D eigenvalue weighted by Gasteiger charge is 2.50. The lowest BCUT2D eigenvalue weighted by atomic mass is 9.56. The zero-order valence-corrected chi connectivity index (χ0v) is 29.8. The lowest BCUT2D eigenvalue weighted by Crippen LogP contribution is -2.49. The number of aliphatic hydroxyl groups excluding tert-OH is 1. The Bertz CT molecular complexity index is 1920. The maximum Gasteiger partial charge on any atom is 0.310 e. The van der Waals surface area contributed by atoms with Gasteiger partial charge >= 0.3 is 11.9 Å². The standard InChI is InChI=1S/C43H46O9/c1-27(45)51-39-23-35(52-42(48)17-29-10-7-11-30(16-29)26-44)18-33(31-12-13-37(46)40(21-31)49-2)24-43(15-14-28-8-5-4-6-9-28)25-34-20-38(47)41(50-3)22-32(34)19-36(39)43/h4-16,20-22,33,35-36,39,44,46-47H,17-19,23-26H2,1-3H3. The van der Waals surface area contributed by atoms with Crippen molar-refractivity contribution in [3.63, 3.8) is 0 Å². The summed E-state index contributed by atoms with van der Waals surface area (Å²) in [5.41, 5.74) is 4.74. The molecule has 0 spiro atoms. The van der Waals surface area contributed by atoms with E-state index in [1.807, 2.05) is 54.6 Å². The molecule has 1 fully saturated rings. The van der Waals surface area contributed by atoms with E-state index in [0.29, 0.717) is 42.7 Å². The van der Waals surface area contributed by atoms with Crippen LogP contribution in [0.3, 0.4) is 0 Å². The normalized spacial score (nSPS) is 22.7. The minimum atomic E-state index is -0.616. The third-order valence-electron chi connectivity index (χ3n) is 10.5. The second-order valence-corrected chi connectivity index (χ2v) is 14.0. The van der Waals surface area contributed by atoms with Crippen molar-refractivity contribution in [2.45, 2.75) is 70.2 Å². The summed E-state index contributed by atoms with van der Waals surface area (Å²) in [6.45, 7) is 1.27. The third kappa shape index (κ3) is 8.26. The number of aromatic hydroxyl groups is 2. The third-order valence-corrected chi connectivity index (χ3v) is 10.5. The Hall–Kier alpha value is -5.28. The predicted octanol–water partition coefficient (Wildman–Crippen LogP) is 7.08. The number of aliphatic hydroxyl groups is 1. The smallest absolute Gasteiger partial charge is 0.310 e. The summed E-state index contributed by atoms with van der Waals surface area (Å²) in [4.78, 5) is 26.4. The van der Waals surface area contributed by atoms with Crippen molar-refractivity contribution < 1.29 is 43.9 Å². The van der Waals surface area contributed by atoms with Crippen molar-refractivity contribution in [2.24, 2.45) is 11.3 Å². The minimum Gasteiger partial charge on any atom is -0.504 e. The monoisotopic (exact) mass is 706 g/mol. The maximum absolute atomic E-state index is 13.6. The molecule has 0 amide bonds. The van der Waals surface area contributed by atoms with Crippen LogP contribution in [0.2, 0.25) is 0 Å². The Labute approximate surface area is 304 Å². The van der Waals surface area contributed by atoms with E-state index in [1.165, 1.54) is 21.1 Å². The largest absolute Gasteiger partial charge is 0.504 e. The first-order chi connectivity index (χ1) is 25.1. The van der Waals surface area contributed by atoms with Gasteiger partial charge in [0.2, 0.25) is 0 Å². The Morgan fingerprint density at radius 2 is 1.58 bits per heavy atom. The Balaban J connectivity index is 1.47. The fraction of sp³-hybridized carbons (Fsp3) is 0.349. The average molecular weight is 707 g/mol. The van der Waals surface area contributed by atoms with E-state index in [4.69, 9.17) is 18.9 Å². The zero-order chi connectivity index (χ0) is 36.8. The molecule has 2 aliphatic carbocycles. The number of allylic oxidation sites excluding steroid dienone is 1. The van der Waals surface area contributed by atoms with Crippen molar-refractivity contribution in [3.8, 4) is 23.0 Å². The van der Waals surface area contributed by atoms with Crippen LogP contribution in [0.25, 0.3) is 6.08 Å². The molecule has 272 valence electrons. The summed E-state index contributed by atoms with van der Waals surface area (Å²) in [6, 6.07) is 26.2. The number of phenolic OH excluding ortho intramolecular Hbond substituents is 2. The van der Waals surface area contributed by atoms with Crippen molar-refractivity contribution in [2.75, 3.05) is 14.2 Å². The van der Waals surface area contributed by atoms with Gasteiger partial charge < -0.3 is 34.3 Å². The first kappa shape index (κ1) is 36.5. The fourth-order valence-electron chi connectivity index (χ4n) is 8.15. The van der Waals surface area contributed by atoms with Gasteiger partial charge in [0.05, 0.1) is 27.2 Å². The Morgan fingerprint density at radius 1 is 0.827 bits per heavy atom. The molecule has 0 bridgehead atoms. The van der Waals surface area contributed by atoms with E-state index in [2.05, 4.69) is 12.2 Å². The van der Waals surface area contributed by atoms with Crippen LogP contribution in [0.1, 0.15) is 65.5 Å². The number of ether oxygens (including phenoxy) is 4. The van der Waals surface area contributed by atoms with Crippen molar-refractivity contribution in [3.05, 3.63) is 124 Å². The molecule has 0 aliphatic heterocycles. The van der Waals surface area contributed by atoms with Gasteiger partial charge in [0.1, 0.15) is 12.2 Å². The molecule has 0 saturated heterocycles. The summed E-state index contributed by atoms with van der Waals surface area (Å²) in [5.74, 6) is -0.492. The number of rotatable bonds is 10. The molecule has 5 atom stereocenters. The Morgan fingerprint density at radius 3 is 2.31 bits per heavy atom. The first-order valence-electron chi connectivity index (χ1n) is 17.6. The van der Waals surface area contributed by atoms with E-state index in [-0.39, 0.29) is 42.8 Å². The van der Waals surface area contributed by atoms with Gasteiger partial charge in [-0.05, 0) is 94.7 Å². The van der Waals surface area contributed by atoms with Gasteiger partial charge in [-0.15, -0.1) is 0 Å². The van der Waals surface area contributed by atoms with E-state index in [1.54, 1.807) is 30.3 Å². The summed E-state index contributed by atoms with van der Waals surface area (Å²) in [7, 11) is 3.03. The molecule has 4 aromatic carbocycles. The molecule has 52 heavy (non-hydrogen) atoms. The number of hydrogen-bond acceptors (Lipinski definition) is 9. The zero-order valence-electron chi connectivity index (χ0n) is 29.8. The number of carbonyl (C=O) groups excluding carboxylic acids is 2. The van der Waals surface area contributed by atoms with E-state index < -0.39 is 29.6 Å². The molecule has 9 heteroatoms. The maximum atomic E-state index is 13.6. The van der Waals surface area contributed by atoms with E-state index >= 15 is 0 Å². The second-order valence-electron chi connectivity index (χ2n) is 14.0. The van der Waals surface area contributed by atoms with E-state index in [9.17, 15) is 24.9 Å². The molecule has 0 heterocycles. The van der Waals surface area contributed by atoms with Gasteiger partial charge in [-0.3, -0.25) is 9.59 Å². The average Bonchev–Trinajstić information content (AvgIpc) is 3.13. The highest BCUT2D eigenvalue weighted by atomic mass is 16.6. The molecule has 5 unspecified atom stereocenters. The molecule has 1 saturated carbocycles. The molecular weight excluding hydrogens is 660 g/mol. The van der Waals surface area contributed by atoms with Gasteiger partial charge in [0.25, 0.3) is 0 Å². The van der Waals surface area contributed by atoms with Crippen LogP contribution >= 0.6 is 0 Å². The summed E-state index contributed by atoms with van der Waals surface area (Å²) >= 11 is 0. The van der Waals surface area contributed by atoms with Gasteiger partial charge in [-0.1, -0.05) is 72.8 Å². The molecule has 3 N–H and O–H groups in total. The lowest BCUT2D eigenvalue weighted by Gasteiger charge is -2.50. The molecule has 4 aromatic rings. The van der Waals surface area contributed by atoms with Gasteiger partial charge in [0, 0.05) is 19.3 Å². The van der Waals surface area contributed by atoms with Crippen LogP contribution in [-0.2, 0) is 44.9 Å². The number of benzene rings is 4. The summed E-state index contributed by atoms with van der Waals surface area (Å²) in [6.07, 6.45) is 5.46. The highest BCUT2D eigenvalue weighted by Crippen LogP contribution is 2.54. The molecular formula is C43H46O9. The predicted molar refractivity (Wildman–Crippen MR) is 196 cm³/mol.